The van der Waals surface area contributed by atoms with Crippen LogP contribution in [0.2, 0.25) is 0 Å². The smallest absolute Gasteiger partial charge is 0.247 e. The minimum absolute atomic E-state index is 0.0142. The van der Waals surface area contributed by atoms with Gasteiger partial charge in [-0.15, -0.1) is 0 Å². The number of amides is 3. The Kier molecular flexibility index (Phi) is 7.94. The molecule has 1 aromatic heterocycles. The third-order valence-corrected chi connectivity index (χ3v) is 7.40. The van der Waals surface area contributed by atoms with Crippen LogP contribution in [-0.2, 0) is 25.7 Å². The molecule has 1 spiro atoms. The summed E-state index contributed by atoms with van der Waals surface area (Å²) in [5, 5.41) is 2.79. The van der Waals surface area contributed by atoms with E-state index < -0.39 is 22.9 Å². The van der Waals surface area contributed by atoms with Crippen molar-refractivity contribution in [2.45, 2.75) is 50.8 Å². The second-order valence-electron chi connectivity index (χ2n) is 10.8. The minimum atomic E-state index is -1.16. The number of aromatic nitrogens is 1. The van der Waals surface area contributed by atoms with Gasteiger partial charge in [0, 0.05) is 45.0 Å². The molecule has 0 saturated carbocycles. The van der Waals surface area contributed by atoms with Gasteiger partial charge in [0.25, 0.3) is 0 Å². The molecule has 3 atom stereocenters. The molecular weight excluding hydrogens is 470 g/mol. The first-order chi connectivity index (χ1) is 17.6. The minimum Gasteiger partial charge on any atom is -0.374 e. The second kappa shape index (κ2) is 11.0. The summed E-state index contributed by atoms with van der Waals surface area (Å²) in [5.41, 5.74) is 6.11. The Morgan fingerprint density at radius 3 is 2.68 bits per heavy atom. The van der Waals surface area contributed by atoms with Gasteiger partial charge >= 0.3 is 0 Å². The molecule has 198 valence electrons. The summed E-state index contributed by atoms with van der Waals surface area (Å²) >= 11 is 0. The van der Waals surface area contributed by atoms with E-state index in [4.69, 9.17) is 10.5 Å². The molecule has 1 aromatic carbocycles. The third-order valence-electron chi connectivity index (χ3n) is 7.40. The highest BCUT2D eigenvalue weighted by molar-refractivity contribution is 5.92. The molecular formula is C28H37N5O4. The predicted octanol–water partition coefficient (Wildman–Crippen LogP) is 1.68. The number of ether oxygens (including phenoxy) is 1. The zero-order chi connectivity index (χ0) is 26.6. The lowest BCUT2D eigenvalue weighted by Gasteiger charge is -2.43. The molecule has 9 heteroatoms. The van der Waals surface area contributed by atoms with Crippen molar-refractivity contribution in [1.29, 1.82) is 0 Å². The van der Waals surface area contributed by atoms with Crippen LogP contribution in [0.3, 0.4) is 0 Å². The molecule has 0 aliphatic carbocycles. The van der Waals surface area contributed by atoms with Gasteiger partial charge in [-0.25, -0.2) is 0 Å². The zero-order valence-electron chi connectivity index (χ0n) is 21.9. The maximum Gasteiger partial charge on any atom is 0.247 e. The molecule has 0 bridgehead atoms. The SMILES string of the molecule is CN1CC(c2ccccc2)C2(CCCN(C(=O)C(COCc3cccnc3)NC(=O)C(C)(C)N)C2)C1=O. The van der Waals surface area contributed by atoms with E-state index in [-0.39, 0.29) is 30.9 Å². The number of carbonyl (C=O) groups excluding carboxylic acids is 3. The van der Waals surface area contributed by atoms with Gasteiger partial charge in [0.15, 0.2) is 0 Å². The number of pyridine rings is 1. The van der Waals surface area contributed by atoms with Crippen molar-refractivity contribution >= 4 is 17.7 Å². The van der Waals surface area contributed by atoms with Gasteiger partial charge < -0.3 is 25.6 Å². The second-order valence-corrected chi connectivity index (χ2v) is 10.8. The number of likely N-dealkylation sites (N-methyl/N-ethyl adjacent to an activating group) is 1. The van der Waals surface area contributed by atoms with Crippen LogP contribution in [0.15, 0.2) is 54.9 Å². The number of benzene rings is 1. The number of nitrogens with one attached hydrogen (secondary N) is 1. The average Bonchev–Trinajstić information content (AvgIpc) is 3.13. The predicted molar refractivity (Wildman–Crippen MR) is 139 cm³/mol. The van der Waals surface area contributed by atoms with Gasteiger partial charge in [0.2, 0.25) is 17.7 Å². The summed E-state index contributed by atoms with van der Waals surface area (Å²) in [6.07, 6.45) is 4.78. The van der Waals surface area contributed by atoms with Crippen LogP contribution in [-0.4, -0.2) is 77.4 Å². The number of hydrogen-bond acceptors (Lipinski definition) is 6. The Bertz CT molecular complexity index is 1100. The van der Waals surface area contributed by atoms with Crippen molar-refractivity contribution in [3.05, 3.63) is 66.0 Å². The number of piperidine rings is 1. The molecule has 2 aromatic rings. The lowest BCUT2D eigenvalue weighted by molar-refractivity contribution is -0.147. The summed E-state index contributed by atoms with van der Waals surface area (Å²) in [5.74, 6) is -0.659. The topological polar surface area (TPSA) is 118 Å². The molecule has 9 nitrogen and oxygen atoms in total. The van der Waals surface area contributed by atoms with E-state index >= 15 is 0 Å². The van der Waals surface area contributed by atoms with Gasteiger partial charge in [-0.05, 0) is 43.9 Å². The number of nitrogens with zero attached hydrogens (tertiary/aromatic N) is 3. The summed E-state index contributed by atoms with van der Waals surface area (Å²) in [7, 11) is 1.83. The van der Waals surface area contributed by atoms with Crippen molar-refractivity contribution in [2.24, 2.45) is 11.1 Å². The Morgan fingerprint density at radius 2 is 2.00 bits per heavy atom. The normalized spacial score (nSPS) is 22.8. The first-order valence-corrected chi connectivity index (χ1v) is 12.8. The molecule has 2 aliphatic heterocycles. The van der Waals surface area contributed by atoms with Crippen molar-refractivity contribution in [2.75, 3.05) is 33.3 Å². The number of hydrogen-bond donors (Lipinski definition) is 2. The van der Waals surface area contributed by atoms with Crippen LogP contribution < -0.4 is 11.1 Å². The monoisotopic (exact) mass is 507 g/mol. The summed E-state index contributed by atoms with van der Waals surface area (Å²) in [4.78, 5) is 47.7. The van der Waals surface area contributed by atoms with Gasteiger partial charge in [0.1, 0.15) is 6.04 Å². The molecule has 2 fully saturated rings. The lowest BCUT2D eigenvalue weighted by Crippen LogP contribution is -2.60. The highest BCUT2D eigenvalue weighted by Gasteiger charge is 2.55. The molecule has 3 heterocycles. The van der Waals surface area contributed by atoms with Crippen LogP contribution in [0.1, 0.15) is 43.7 Å². The third kappa shape index (κ3) is 5.83. The number of nitrogens with two attached hydrogens (primary N) is 1. The van der Waals surface area contributed by atoms with Crippen molar-refractivity contribution in [1.82, 2.24) is 20.1 Å². The number of rotatable bonds is 8. The largest absolute Gasteiger partial charge is 0.374 e. The van der Waals surface area contributed by atoms with E-state index in [0.29, 0.717) is 32.5 Å². The van der Waals surface area contributed by atoms with Crippen molar-refractivity contribution in [3.8, 4) is 0 Å². The van der Waals surface area contributed by atoms with Crippen LogP contribution in [0.4, 0.5) is 0 Å². The number of carbonyl (C=O) groups is 3. The quantitative estimate of drug-likeness (QED) is 0.562. The Hall–Kier alpha value is -3.30. The fraction of sp³-hybridized carbons (Fsp3) is 0.500. The summed E-state index contributed by atoms with van der Waals surface area (Å²) < 4.78 is 5.83. The first kappa shape index (κ1) is 26.8. The van der Waals surface area contributed by atoms with E-state index in [1.54, 1.807) is 36.0 Å². The summed E-state index contributed by atoms with van der Waals surface area (Å²) in [6, 6.07) is 12.8. The highest BCUT2D eigenvalue weighted by atomic mass is 16.5. The maximum atomic E-state index is 13.8. The first-order valence-electron chi connectivity index (χ1n) is 12.8. The molecule has 3 N–H and O–H groups in total. The van der Waals surface area contributed by atoms with Crippen LogP contribution in [0.5, 0.6) is 0 Å². The van der Waals surface area contributed by atoms with E-state index in [0.717, 1.165) is 11.1 Å². The number of likely N-dealkylation sites (tertiary alicyclic amines) is 2. The van der Waals surface area contributed by atoms with E-state index in [1.807, 2.05) is 37.4 Å². The van der Waals surface area contributed by atoms with E-state index in [9.17, 15) is 14.4 Å². The van der Waals surface area contributed by atoms with Gasteiger partial charge in [0.05, 0.1) is 24.2 Å². The van der Waals surface area contributed by atoms with E-state index in [1.165, 1.54) is 0 Å². The van der Waals surface area contributed by atoms with Crippen LogP contribution in [0, 0.1) is 5.41 Å². The molecule has 0 radical (unpaired) electrons. The van der Waals surface area contributed by atoms with Crippen LogP contribution in [0.25, 0.3) is 0 Å². The summed E-state index contributed by atoms with van der Waals surface area (Å²) in [6.45, 7) is 4.84. The molecule has 3 unspecified atom stereocenters. The van der Waals surface area contributed by atoms with Crippen LogP contribution >= 0.6 is 0 Å². The fourth-order valence-electron chi connectivity index (χ4n) is 5.42. The van der Waals surface area contributed by atoms with Crippen molar-refractivity contribution < 1.29 is 19.1 Å². The van der Waals surface area contributed by atoms with Gasteiger partial charge in [-0.2, -0.15) is 0 Å². The Labute approximate surface area is 218 Å². The zero-order valence-corrected chi connectivity index (χ0v) is 21.9. The van der Waals surface area contributed by atoms with E-state index in [2.05, 4.69) is 22.4 Å². The van der Waals surface area contributed by atoms with Crippen molar-refractivity contribution in [3.63, 3.8) is 0 Å². The standard InChI is InChI=1S/C28H37N5O4/c1-27(2,29)25(35)31-23(18-37-17-20-9-7-13-30-15-20)24(34)33-14-8-12-28(19-33)22(16-32(3)26(28)36)21-10-5-4-6-11-21/h4-7,9-11,13,15,22-23H,8,12,14,16-19,29H2,1-3H3,(H,31,35). The maximum absolute atomic E-state index is 13.8. The Morgan fingerprint density at radius 1 is 1.24 bits per heavy atom. The van der Waals surface area contributed by atoms with Gasteiger partial charge in [-0.1, -0.05) is 36.4 Å². The Balaban J connectivity index is 1.54. The highest BCUT2D eigenvalue weighted by Crippen LogP contribution is 2.49. The lowest BCUT2D eigenvalue weighted by atomic mass is 9.69. The average molecular weight is 508 g/mol. The molecule has 2 aliphatic rings. The van der Waals surface area contributed by atoms with Gasteiger partial charge in [-0.3, -0.25) is 19.4 Å². The molecule has 3 amide bonds. The fourth-order valence-corrected chi connectivity index (χ4v) is 5.42. The molecule has 2 saturated heterocycles. The molecule has 4 rings (SSSR count). The molecule has 37 heavy (non-hydrogen) atoms.